The van der Waals surface area contributed by atoms with Gasteiger partial charge in [0.05, 0.1) is 11.5 Å². The van der Waals surface area contributed by atoms with Crippen molar-refractivity contribution in [3.8, 4) is 6.07 Å². The summed E-state index contributed by atoms with van der Waals surface area (Å²) in [4.78, 5) is 0. The summed E-state index contributed by atoms with van der Waals surface area (Å²) in [5, 5.41) is 12.6. The molecule has 0 aliphatic carbocycles. The van der Waals surface area contributed by atoms with Crippen LogP contribution in [-0.2, 0) is 0 Å². The fourth-order valence-electron chi connectivity index (χ4n) is 2.06. The highest BCUT2D eigenvalue weighted by Crippen LogP contribution is 2.22. The first-order valence-electron chi connectivity index (χ1n) is 6.61. The highest BCUT2D eigenvalue weighted by molar-refractivity contribution is 4.92. The minimum atomic E-state index is -0.172. The summed E-state index contributed by atoms with van der Waals surface area (Å²) in [5.41, 5.74) is 0.145. The summed E-state index contributed by atoms with van der Waals surface area (Å²) in [5.74, 6) is 0. The Morgan fingerprint density at radius 1 is 1.06 bits per heavy atom. The van der Waals surface area contributed by atoms with Crippen molar-refractivity contribution in [2.24, 2.45) is 5.41 Å². The van der Waals surface area contributed by atoms with Gasteiger partial charge in [0.25, 0.3) is 0 Å². The van der Waals surface area contributed by atoms with Crippen molar-refractivity contribution in [2.75, 3.05) is 6.54 Å². The molecular formula is C14H28N2. The van der Waals surface area contributed by atoms with Crippen LogP contribution in [0.1, 0.15) is 66.7 Å². The largest absolute Gasteiger partial charge is 0.311 e. The standard InChI is InChI=1S/C14H28N2/c1-6-14(7-2,8-3)16-11-9-10-13(4,5)12-15/h16H,6-11H2,1-5H3. The third-order valence-corrected chi connectivity index (χ3v) is 3.81. The smallest absolute Gasteiger partial charge is 0.0683 e. The Kier molecular flexibility index (Phi) is 6.67. The predicted octanol–water partition coefficient (Wildman–Crippen LogP) is 3.87. The Morgan fingerprint density at radius 2 is 1.56 bits per heavy atom. The lowest BCUT2D eigenvalue weighted by Gasteiger charge is -2.32. The molecule has 0 amide bonds. The number of nitrogens with zero attached hydrogens (tertiary/aromatic N) is 1. The lowest BCUT2D eigenvalue weighted by atomic mass is 9.88. The van der Waals surface area contributed by atoms with Crippen molar-refractivity contribution in [1.82, 2.24) is 5.32 Å². The van der Waals surface area contributed by atoms with Gasteiger partial charge in [0.2, 0.25) is 0 Å². The van der Waals surface area contributed by atoms with E-state index in [1.807, 2.05) is 13.8 Å². The first kappa shape index (κ1) is 15.4. The van der Waals surface area contributed by atoms with E-state index in [-0.39, 0.29) is 5.41 Å². The van der Waals surface area contributed by atoms with E-state index in [4.69, 9.17) is 5.26 Å². The van der Waals surface area contributed by atoms with Crippen molar-refractivity contribution < 1.29 is 0 Å². The third-order valence-electron chi connectivity index (χ3n) is 3.81. The summed E-state index contributed by atoms with van der Waals surface area (Å²) in [6, 6.07) is 2.35. The molecule has 1 N–H and O–H groups in total. The lowest BCUT2D eigenvalue weighted by Crippen LogP contribution is -2.44. The van der Waals surface area contributed by atoms with Crippen LogP contribution in [0.4, 0.5) is 0 Å². The Bertz CT molecular complexity index is 213. The molecule has 0 rings (SSSR count). The monoisotopic (exact) mass is 224 g/mol. The molecule has 0 bridgehead atoms. The van der Waals surface area contributed by atoms with Gasteiger partial charge < -0.3 is 5.32 Å². The van der Waals surface area contributed by atoms with E-state index in [9.17, 15) is 0 Å². The summed E-state index contributed by atoms with van der Waals surface area (Å²) >= 11 is 0. The van der Waals surface area contributed by atoms with Crippen LogP contribution in [0.15, 0.2) is 0 Å². The molecule has 0 aromatic heterocycles. The molecule has 0 saturated carbocycles. The first-order chi connectivity index (χ1) is 7.45. The second kappa shape index (κ2) is 6.91. The Labute approximate surface area is 101 Å². The molecule has 0 atom stereocenters. The minimum absolute atomic E-state index is 0.172. The average Bonchev–Trinajstić information content (AvgIpc) is 2.30. The average molecular weight is 224 g/mol. The molecule has 0 aliphatic rings. The highest BCUT2D eigenvalue weighted by Gasteiger charge is 2.23. The van der Waals surface area contributed by atoms with Crippen LogP contribution in [0, 0.1) is 16.7 Å². The summed E-state index contributed by atoms with van der Waals surface area (Å²) in [6.07, 6.45) is 5.61. The van der Waals surface area contributed by atoms with Crippen molar-refractivity contribution in [3.05, 3.63) is 0 Å². The van der Waals surface area contributed by atoms with Gasteiger partial charge in [-0.15, -0.1) is 0 Å². The second-order valence-corrected chi connectivity index (χ2v) is 5.37. The number of hydrogen-bond donors (Lipinski definition) is 1. The molecule has 16 heavy (non-hydrogen) atoms. The van der Waals surface area contributed by atoms with Crippen LogP contribution in [0.25, 0.3) is 0 Å². The summed E-state index contributed by atoms with van der Waals surface area (Å²) < 4.78 is 0. The number of nitriles is 1. The molecule has 0 fully saturated rings. The molecule has 0 aromatic carbocycles. The molecule has 0 saturated heterocycles. The molecule has 0 aromatic rings. The maximum absolute atomic E-state index is 8.92. The van der Waals surface area contributed by atoms with Gasteiger partial charge in [0.1, 0.15) is 0 Å². The fourth-order valence-corrected chi connectivity index (χ4v) is 2.06. The fraction of sp³-hybridized carbons (Fsp3) is 0.929. The topological polar surface area (TPSA) is 35.8 Å². The number of hydrogen-bond acceptors (Lipinski definition) is 2. The molecule has 0 heterocycles. The van der Waals surface area contributed by atoms with Gasteiger partial charge in [-0.2, -0.15) is 5.26 Å². The third kappa shape index (κ3) is 4.99. The van der Waals surface area contributed by atoms with Crippen LogP contribution in [-0.4, -0.2) is 12.1 Å². The normalized spacial score (nSPS) is 12.5. The number of rotatable bonds is 8. The van der Waals surface area contributed by atoms with E-state index in [1.54, 1.807) is 0 Å². The molecule has 0 aliphatic heterocycles. The van der Waals surface area contributed by atoms with E-state index in [2.05, 4.69) is 32.2 Å². The van der Waals surface area contributed by atoms with E-state index >= 15 is 0 Å². The van der Waals surface area contributed by atoms with Crippen LogP contribution >= 0.6 is 0 Å². The maximum atomic E-state index is 8.92. The van der Waals surface area contributed by atoms with Gasteiger partial charge in [0.15, 0.2) is 0 Å². The van der Waals surface area contributed by atoms with Crippen molar-refractivity contribution in [1.29, 1.82) is 5.26 Å². The molecular weight excluding hydrogens is 196 g/mol. The molecule has 0 spiro atoms. The Hall–Kier alpha value is -0.550. The van der Waals surface area contributed by atoms with Gasteiger partial charge in [-0.3, -0.25) is 0 Å². The highest BCUT2D eigenvalue weighted by atomic mass is 15.0. The van der Waals surface area contributed by atoms with E-state index in [1.165, 1.54) is 19.3 Å². The van der Waals surface area contributed by atoms with Crippen LogP contribution in [0.2, 0.25) is 0 Å². The van der Waals surface area contributed by atoms with Gasteiger partial charge in [-0.1, -0.05) is 20.8 Å². The zero-order chi connectivity index (χ0) is 12.7. The second-order valence-electron chi connectivity index (χ2n) is 5.37. The zero-order valence-electron chi connectivity index (χ0n) is 11.7. The van der Waals surface area contributed by atoms with E-state index in [0.717, 1.165) is 19.4 Å². The lowest BCUT2D eigenvalue weighted by molar-refractivity contribution is 0.282. The molecule has 2 nitrogen and oxygen atoms in total. The van der Waals surface area contributed by atoms with Gasteiger partial charge in [-0.25, -0.2) is 0 Å². The Morgan fingerprint density at radius 3 is 1.94 bits per heavy atom. The summed E-state index contributed by atoms with van der Waals surface area (Å²) in [7, 11) is 0. The predicted molar refractivity (Wildman–Crippen MR) is 70.2 cm³/mol. The molecule has 0 unspecified atom stereocenters. The number of nitrogens with one attached hydrogen (secondary N) is 1. The van der Waals surface area contributed by atoms with Crippen LogP contribution in [0.5, 0.6) is 0 Å². The summed E-state index contributed by atoms with van der Waals surface area (Å²) in [6.45, 7) is 11.8. The van der Waals surface area contributed by atoms with Crippen LogP contribution < -0.4 is 5.32 Å². The van der Waals surface area contributed by atoms with Crippen LogP contribution in [0.3, 0.4) is 0 Å². The quantitative estimate of drug-likeness (QED) is 0.635. The van der Waals surface area contributed by atoms with Crippen molar-refractivity contribution in [2.45, 2.75) is 72.3 Å². The van der Waals surface area contributed by atoms with E-state index in [0.29, 0.717) is 5.54 Å². The molecule has 0 radical (unpaired) electrons. The maximum Gasteiger partial charge on any atom is 0.0683 e. The van der Waals surface area contributed by atoms with Gasteiger partial charge in [0, 0.05) is 5.54 Å². The van der Waals surface area contributed by atoms with E-state index < -0.39 is 0 Å². The molecule has 94 valence electrons. The SMILES string of the molecule is CCC(CC)(CC)NCCCC(C)(C)C#N. The van der Waals surface area contributed by atoms with Crippen molar-refractivity contribution >= 4 is 0 Å². The van der Waals surface area contributed by atoms with Crippen molar-refractivity contribution in [3.63, 3.8) is 0 Å². The minimum Gasteiger partial charge on any atom is -0.311 e. The zero-order valence-corrected chi connectivity index (χ0v) is 11.7. The van der Waals surface area contributed by atoms with Gasteiger partial charge >= 0.3 is 0 Å². The molecule has 2 heteroatoms. The van der Waals surface area contributed by atoms with Gasteiger partial charge in [-0.05, 0) is 52.5 Å². The first-order valence-corrected chi connectivity index (χ1v) is 6.61. The Balaban J connectivity index is 3.94.